The molecule has 14 heavy (non-hydrogen) atoms. The zero-order valence-electron chi connectivity index (χ0n) is 8.48. The quantitative estimate of drug-likeness (QED) is 0.824. The first kappa shape index (κ1) is 11.5. The van der Waals surface area contributed by atoms with Crippen LogP contribution < -0.4 is 5.73 Å². The van der Waals surface area contributed by atoms with Crippen LogP contribution >= 0.6 is 11.6 Å². The van der Waals surface area contributed by atoms with Crippen LogP contribution in [0.5, 0.6) is 0 Å². The molecule has 1 aromatic rings. The second kappa shape index (κ2) is 4.76. The summed E-state index contributed by atoms with van der Waals surface area (Å²) in [5.74, 6) is -0.200. The standard InChI is InChI=1S/C11H15ClFN/c1-7-5-10(12)9(6-11(7)13)4-3-8(2)14/h5-6,8H,3-4,14H2,1-2H3. The van der Waals surface area contributed by atoms with Gasteiger partial charge in [-0.05, 0) is 49.9 Å². The van der Waals surface area contributed by atoms with Gasteiger partial charge >= 0.3 is 0 Å². The van der Waals surface area contributed by atoms with Crippen molar-refractivity contribution in [3.63, 3.8) is 0 Å². The molecule has 1 unspecified atom stereocenters. The second-order valence-corrected chi connectivity index (χ2v) is 4.12. The highest BCUT2D eigenvalue weighted by atomic mass is 35.5. The predicted molar refractivity (Wildman–Crippen MR) is 58.1 cm³/mol. The highest BCUT2D eigenvalue weighted by molar-refractivity contribution is 6.31. The topological polar surface area (TPSA) is 26.0 Å². The molecule has 0 fully saturated rings. The number of halogens is 2. The molecule has 0 aliphatic carbocycles. The monoisotopic (exact) mass is 215 g/mol. The Morgan fingerprint density at radius 1 is 1.50 bits per heavy atom. The van der Waals surface area contributed by atoms with Crippen LogP contribution in [0.25, 0.3) is 0 Å². The average Bonchev–Trinajstić information content (AvgIpc) is 2.09. The van der Waals surface area contributed by atoms with Crippen LogP contribution in [0.3, 0.4) is 0 Å². The van der Waals surface area contributed by atoms with Crippen molar-refractivity contribution < 1.29 is 4.39 Å². The van der Waals surface area contributed by atoms with Crippen molar-refractivity contribution in [2.75, 3.05) is 0 Å². The van der Waals surface area contributed by atoms with E-state index >= 15 is 0 Å². The molecule has 1 rings (SSSR count). The molecule has 0 heterocycles. The molecular formula is C11H15ClFN. The van der Waals surface area contributed by atoms with Crippen LogP contribution in [0.15, 0.2) is 12.1 Å². The summed E-state index contributed by atoms with van der Waals surface area (Å²) in [7, 11) is 0. The fraction of sp³-hybridized carbons (Fsp3) is 0.455. The summed E-state index contributed by atoms with van der Waals surface area (Å²) in [6, 6.07) is 3.28. The maximum atomic E-state index is 13.2. The molecule has 1 atom stereocenters. The molecule has 0 spiro atoms. The summed E-state index contributed by atoms with van der Waals surface area (Å²) >= 11 is 5.98. The lowest BCUT2D eigenvalue weighted by molar-refractivity contribution is 0.611. The highest BCUT2D eigenvalue weighted by Gasteiger charge is 2.06. The molecular weight excluding hydrogens is 201 g/mol. The first-order chi connectivity index (χ1) is 6.50. The van der Waals surface area contributed by atoms with Crippen LogP contribution in [0.2, 0.25) is 5.02 Å². The van der Waals surface area contributed by atoms with Crippen molar-refractivity contribution in [3.8, 4) is 0 Å². The Kier molecular flexibility index (Phi) is 3.90. The van der Waals surface area contributed by atoms with E-state index in [4.69, 9.17) is 17.3 Å². The Morgan fingerprint density at radius 3 is 2.71 bits per heavy atom. The minimum absolute atomic E-state index is 0.121. The lowest BCUT2D eigenvalue weighted by Gasteiger charge is -2.08. The van der Waals surface area contributed by atoms with Gasteiger partial charge in [0.15, 0.2) is 0 Å². The Labute approximate surface area is 89.1 Å². The Hall–Kier alpha value is -0.600. The van der Waals surface area contributed by atoms with Crippen molar-refractivity contribution in [2.45, 2.75) is 32.7 Å². The maximum absolute atomic E-state index is 13.2. The third-order valence-electron chi connectivity index (χ3n) is 2.20. The van der Waals surface area contributed by atoms with Gasteiger partial charge in [-0.3, -0.25) is 0 Å². The van der Waals surface area contributed by atoms with Crippen LogP contribution in [0.1, 0.15) is 24.5 Å². The largest absolute Gasteiger partial charge is 0.328 e. The van der Waals surface area contributed by atoms with Gasteiger partial charge in [0, 0.05) is 11.1 Å². The van der Waals surface area contributed by atoms with E-state index < -0.39 is 0 Å². The van der Waals surface area contributed by atoms with Crippen LogP contribution in [-0.2, 0) is 6.42 Å². The molecule has 0 saturated heterocycles. The molecule has 0 amide bonds. The van der Waals surface area contributed by atoms with Gasteiger partial charge in [0.25, 0.3) is 0 Å². The van der Waals surface area contributed by atoms with E-state index in [0.717, 1.165) is 18.4 Å². The number of benzene rings is 1. The predicted octanol–water partition coefficient (Wildman–Crippen LogP) is 3.07. The molecule has 78 valence electrons. The van der Waals surface area contributed by atoms with Crippen LogP contribution in [0, 0.1) is 12.7 Å². The third-order valence-corrected chi connectivity index (χ3v) is 2.55. The Bertz CT molecular complexity index is 323. The Morgan fingerprint density at radius 2 is 2.14 bits per heavy atom. The maximum Gasteiger partial charge on any atom is 0.126 e. The van der Waals surface area contributed by atoms with E-state index in [9.17, 15) is 4.39 Å². The van der Waals surface area contributed by atoms with E-state index in [1.165, 1.54) is 6.07 Å². The van der Waals surface area contributed by atoms with Gasteiger partial charge < -0.3 is 5.73 Å². The van der Waals surface area contributed by atoms with E-state index in [0.29, 0.717) is 10.6 Å². The summed E-state index contributed by atoms with van der Waals surface area (Å²) in [4.78, 5) is 0. The molecule has 0 aliphatic rings. The SMILES string of the molecule is Cc1cc(Cl)c(CCC(C)N)cc1F. The second-order valence-electron chi connectivity index (χ2n) is 3.71. The fourth-order valence-electron chi connectivity index (χ4n) is 1.26. The lowest BCUT2D eigenvalue weighted by Crippen LogP contribution is -2.15. The number of rotatable bonds is 3. The van der Waals surface area contributed by atoms with Crippen molar-refractivity contribution in [1.82, 2.24) is 0 Å². The number of hydrogen-bond donors (Lipinski definition) is 1. The summed E-state index contributed by atoms with van der Waals surface area (Å²) in [6.45, 7) is 3.63. The van der Waals surface area contributed by atoms with Gasteiger partial charge in [-0.25, -0.2) is 4.39 Å². The van der Waals surface area contributed by atoms with Gasteiger partial charge in [-0.1, -0.05) is 11.6 Å². The number of nitrogens with two attached hydrogens (primary N) is 1. The molecule has 0 aliphatic heterocycles. The fourth-order valence-corrected chi connectivity index (χ4v) is 1.57. The van der Waals surface area contributed by atoms with E-state index in [1.807, 2.05) is 6.92 Å². The molecule has 0 aromatic heterocycles. The van der Waals surface area contributed by atoms with Gasteiger partial charge in [0.2, 0.25) is 0 Å². The van der Waals surface area contributed by atoms with E-state index in [-0.39, 0.29) is 11.9 Å². The highest BCUT2D eigenvalue weighted by Crippen LogP contribution is 2.21. The molecule has 2 N–H and O–H groups in total. The normalized spacial score (nSPS) is 12.9. The average molecular weight is 216 g/mol. The zero-order valence-corrected chi connectivity index (χ0v) is 9.24. The van der Waals surface area contributed by atoms with Crippen molar-refractivity contribution in [1.29, 1.82) is 0 Å². The molecule has 0 radical (unpaired) electrons. The van der Waals surface area contributed by atoms with Crippen LogP contribution in [0.4, 0.5) is 4.39 Å². The van der Waals surface area contributed by atoms with E-state index in [1.54, 1.807) is 13.0 Å². The summed E-state index contributed by atoms with van der Waals surface area (Å²) < 4.78 is 13.2. The van der Waals surface area contributed by atoms with Gasteiger partial charge in [0.05, 0.1) is 0 Å². The van der Waals surface area contributed by atoms with Gasteiger partial charge in [0.1, 0.15) is 5.82 Å². The van der Waals surface area contributed by atoms with Gasteiger partial charge in [-0.2, -0.15) is 0 Å². The van der Waals surface area contributed by atoms with Crippen LogP contribution in [-0.4, -0.2) is 6.04 Å². The van der Waals surface area contributed by atoms with Crippen molar-refractivity contribution in [2.24, 2.45) is 5.73 Å². The number of hydrogen-bond acceptors (Lipinski definition) is 1. The molecule has 0 bridgehead atoms. The first-order valence-corrected chi connectivity index (χ1v) is 5.08. The van der Waals surface area contributed by atoms with Crippen molar-refractivity contribution in [3.05, 3.63) is 34.1 Å². The minimum Gasteiger partial charge on any atom is -0.328 e. The van der Waals surface area contributed by atoms with E-state index in [2.05, 4.69) is 0 Å². The number of aryl methyl sites for hydroxylation is 2. The minimum atomic E-state index is -0.200. The van der Waals surface area contributed by atoms with Gasteiger partial charge in [-0.15, -0.1) is 0 Å². The molecule has 0 saturated carbocycles. The summed E-state index contributed by atoms with van der Waals surface area (Å²) in [5.41, 5.74) is 7.04. The van der Waals surface area contributed by atoms with Crippen molar-refractivity contribution >= 4 is 11.6 Å². The summed E-state index contributed by atoms with van der Waals surface area (Å²) in [6.07, 6.45) is 1.55. The first-order valence-electron chi connectivity index (χ1n) is 4.71. The molecule has 1 aromatic carbocycles. The Balaban J connectivity index is 2.82. The molecule has 1 nitrogen and oxygen atoms in total. The third kappa shape index (κ3) is 2.96. The smallest absolute Gasteiger partial charge is 0.126 e. The lowest BCUT2D eigenvalue weighted by atomic mass is 10.0. The zero-order chi connectivity index (χ0) is 10.7. The molecule has 3 heteroatoms. The summed E-state index contributed by atoms with van der Waals surface area (Å²) in [5, 5.41) is 0.629.